The Morgan fingerprint density at radius 3 is 2.78 bits per heavy atom. The molecule has 0 amide bonds. The molecule has 0 aliphatic rings. The van der Waals surface area contributed by atoms with Crippen molar-refractivity contribution in [3.05, 3.63) is 41.6 Å². The molecule has 0 fully saturated rings. The van der Waals surface area contributed by atoms with Crippen LogP contribution in [-0.2, 0) is 6.54 Å². The van der Waals surface area contributed by atoms with Crippen molar-refractivity contribution >= 4 is 0 Å². The van der Waals surface area contributed by atoms with Gasteiger partial charge in [-0.2, -0.15) is 10.4 Å². The van der Waals surface area contributed by atoms with E-state index in [1.807, 2.05) is 30.5 Å². The predicted octanol–water partition coefficient (Wildman–Crippen LogP) is 2.45. The molecule has 1 heterocycles. The quantitative estimate of drug-likeness (QED) is 0.789. The summed E-state index contributed by atoms with van der Waals surface area (Å²) in [5.41, 5.74) is 3.89. The van der Waals surface area contributed by atoms with Gasteiger partial charge in [0.1, 0.15) is 0 Å². The zero-order valence-electron chi connectivity index (χ0n) is 10.4. The third kappa shape index (κ3) is 2.76. The minimum atomic E-state index is 0.670. The molecule has 2 rings (SSSR count). The third-order valence-corrected chi connectivity index (χ3v) is 2.76. The van der Waals surface area contributed by atoms with E-state index in [0.717, 1.165) is 36.3 Å². The Kier molecular flexibility index (Phi) is 4.11. The average Bonchev–Trinajstić information content (AvgIpc) is 2.88. The maximum absolute atomic E-state index is 8.78. The molecule has 0 bridgehead atoms. The van der Waals surface area contributed by atoms with E-state index in [-0.39, 0.29) is 0 Å². The molecule has 0 saturated heterocycles. The number of nitrogens with one attached hydrogen (secondary N) is 2. The highest BCUT2D eigenvalue weighted by Crippen LogP contribution is 2.21. The van der Waals surface area contributed by atoms with E-state index in [9.17, 15) is 0 Å². The zero-order valence-corrected chi connectivity index (χ0v) is 10.4. The van der Waals surface area contributed by atoms with Crippen molar-refractivity contribution in [1.29, 1.82) is 5.26 Å². The van der Waals surface area contributed by atoms with Crippen molar-refractivity contribution in [2.24, 2.45) is 0 Å². The number of hydrogen-bond donors (Lipinski definition) is 2. The monoisotopic (exact) mass is 240 g/mol. The molecule has 1 aromatic heterocycles. The lowest BCUT2D eigenvalue weighted by molar-refractivity contribution is 0.676. The van der Waals surface area contributed by atoms with E-state index in [2.05, 4.69) is 28.5 Å². The second-order valence-electron chi connectivity index (χ2n) is 4.14. The second kappa shape index (κ2) is 5.99. The van der Waals surface area contributed by atoms with Gasteiger partial charge in [-0.25, -0.2) is 0 Å². The van der Waals surface area contributed by atoms with E-state index in [1.165, 1.54) is 0 Å². The van der Waals surface area contributed by atoms with E-state index >= 15 is 0 Å². The van der Waals surface area contributed by atoms with Gasteiger partial charge in [0.25, 0.3) is 0 Å². The SMILES string of the molecule is CCCNCc1cn[nH]c1-c1ccc(C#N)cc1. The van der Waals surface area contributed by atoms with Gasteiger partial charge < -0.3 is 5.32 Å². The van der Waals surface area contributed by atoms with Crippen LogP contribution in [0.2, 0.25) is 0 Å². The van der Waals surface area contributed by atoms with Gasteiger partial charge in [-0.1, -0.05) is 19.1 Å². The van der Waals surface area contributed by atoms with E-state index in [4.69, 9.17) is 5.26 Å². The fraction of sp³-hybridized carbons (Fsp3) is 0.286. The van der Waals surface area contributed by atoms with Crippen LogP contribution in [0.15, 0.2) is 30.5 Å². The topological polar surface area (TPSA) is 64.5 Å². The molecule has 0 radical (unpaired) electrons. The van der Waals surface area contributed by atoms with Crippen LogP contribution < -0.4 is 5.32 Å². The Morgan fingerprint density at radius 1 is 1.33 bits per heavy atom. The minimum absolute atomic E-state index is 0.670. The minimum Gasteiger partial charge on any atom is -0.313 e. The fourth-order valence-electron chi connectivity index (χ4n) is 1.81. The van der Waals surface area contributed by atoms with Gasteiger partial charge in [0.05, 0.1) is 23.5 Å². The van der Waals surface area contributed by atoms with Gasteiger partial charge in [-0.05, 0) is 30.7 Å². The van der Waals surface area contributed by atoms with Gasteiger partial charge in [0, 0.05) is 12.1 Å². The Labute approximate surface area is 107 Å². The second-order valence-corrected chi connectivity index (χ2v) is 4.14. The highest BCUT2D eigenvalue weighted by Gasteiger charge is 2.07. The number of aromatic nitrogens is 2. The number of nitrogens with zero attached hydrogens (tertiary/aromatic N) is 2. The first-order valence-corrected chi connectivity index (χ1v) is 6.08. The van der Waals surface area contributed by atoms with Crippen molar-refractivity contribution in [2.45, 2.75) is 19.9 Å². The number of aromatic amines is 1. The number of H-pyrrole nitrogens is 1. The summed E-state index contributed by atoms with van der Waals surface area (Å²) in [6.07, 6.45) is 2.96. The molecule has 4 nitrogen and oxygen atoms in total. The van der Waals surface area contributed by atoms with Gasteiger partial charge in [0.15, 0.2) is 0 Å². The smallest absolute Gasteiger partial charge is 0.0991 e. The number of rotatable bonds is 5. The molecule has 1 aromatic carbocycles. The number of hydrogen-bond acceptors (Lipinski definition) is 3. The predicted molar refractivity (Wildman–Crippen MR) is 70.7 cm³/mol. The maximum atomic E-state index is 8.78. The summed E-state index contributed by atoms with van der Waals surface area (Å²) in [4.78, 5) is 0. The molecular weight excluding hydrogens is 224 g/mol. The van der Waals surface area contributed by atoms with Gasteiger partial charge >= 0.3 is 0 Å². The van der Waals surface area contributed by atoms with Crippen molar-refractivity contribution < 1.29 is 0 Å². The van der Waals surface area contributed by atoms with E-state index in [1.54, 1.807) is 0 Å². The average molecular weight is 240 g/mol. The van der Waals surface area contributed by atoms with Crippen LogP contribution in [0.5, 0.6) is 0 Å². The number of nitriles is 1. The summed E-state index contributed by atoms with van der Waals surface area (Å²) in [5, 5.41) is 19.2. The Morgan fingerprint density at radius 2 is 2.11 bits per heavy atom. The summed E-state index contributed by atoms with van der Waals surface area (Å²) >= 11 is 0. The third-order valence-electron chi connectivity index (χ3n) is 2.76. The van der Waals surface area contributed by atoms with Crippen LogP contribution in [-0.4, -0.2) is 16.7 Å². The summed E-state index contributed by atoms with van der Waals surface area (Å²) in [7, 11) is 0. The zero-order chi connectivity index (χ0) is 12.8. The largest absolute Gasteiger partial charge is 0.313 e. The summed E-state index contributed by atoms with van der Waals surface area (Å²) in [6.45, 7) is 3.95. The van der Waals surface area contributed by atoms with Crippen LogP contribution in [0, 0.1) is 11.3 Å². The van der Waals surface area contributed by atoms with Crippen molar-refractivity contribution in [2.75, 3.05) is 6.54 Å². The maximum Gasteiger partial charge on any atom is 0.0991 e. The van der Waals surface area contributed by atoms with Crippen LogP contribution in [0.25, 0.3) is 11.3 Å². The summed E-state index contributed by atoms with van der Waals surface area (Å²) in [6, 6.07) is 9.64. The van der Waals surface area contributed by atoms with Gasteiger partial charge in [-0.15, -0.1) is 0 Å². The van der Waals surface area contributed by atoms with Crippen molar-refractivity contribution in [3.8, 4) is 17.3 Å². The first kappa shape index (κ1) is 12.3. The summed E-state index contributed by atoms with van der Waals surface area (Å²) < 4.78 is 0. The normalized spacial score (nSPS) is 10.2. The van der Waals surface area contributed by atoms with Gasteiger partial charge in [-0.3, -0.25) is 5.10 Å². The molecule has 92 valence electrons. The number of benzene rings is 1. The van der Waals surface area contributed by atoms with E-state index in [0.29, 0.717) is 5.56 Å². The molecule has 0 aliphatic carbocycles. The Hall–Kier alpha value is -2.12. The molecule has 0 unspecified atom stereocenters. The Balaban J connectivity index is 2.17. The fourth-order valence-corrected chi connectivity index (χ4v) is 1.81. The molecule has 0 aliphatic heterocycles. The van der Waals surface area contributed by atoms with Crippen LogP contribution in [0.4, 0.5) is 0 Å². The highest BCUT2D eigenvalue weighted by molar-refractivity contribution is 5.63. The first-order valence-electron chi connectivity index (χ1n) is 6.08. The summed E-state index contributed by atoms with van der Waals surface area (Å²) in [5.74, 6) is 0. The van der Waals surface area contributed by atoms with Crippen molar-refractivity contribution in [1.82, 2.24) is 15.5 Å². The van der Waals surface area contributed by atoms with Gasteiger partial charge in [0.2, 0.25) is 0 Å². The van der Waals surface area contributed by atoms with Crippen LogP contribution in [0.3, 0.4) is 0 Å². The lowest BCUT2D eigenvalue weighted by Gasteiger charge is -2.04. The highest BCUT2D eigenvalue weighted by atomic mass is 15.1. The lowest BCUT2D eigenvalue weighted by Crippen LogP contribution is -2.13. The molecule has 0 atom stereocenters. The molecule has 2 N–H and O–H groups in total. The first-order chi connectivity index (χ1) is 8.85. The molecule has 0 saturated carbocycles. The lowest BCUT2D eigenvalue weighted by atomic mass is 10.1. The molecular formula is C14H16N4. The molecule has 18 heavy (non-hydrogen) atoms. The van der Waals surface area contributed by atoms with Crippen LogP contribution in [0.1, 0.15) is 24.5 Å². The molecule has 0 spiro atoms. The van der Waals surface area contributed by atoms with E-state index < -0.39 is 0 Å². The standard InChI is InChI=1S/C14H16N4/c1-2-7-16-9-13-10-17-18-14(13)12-5-3-11(8-15)4-6-12/h3-6,10,16H,2,7,9H2,1H3,(H,17,18). The molecule has 2 aromatic rings. The Bertz CT molecular complexity index is 534. The van der Waals surface area contributed by atoms with Crippen LogP contribution >= 0.6 is 0 Å². The van der Waals surface area contributed by atoms with Crippen molar-refractivity contribution in [3.63, 3.8) is 0 Å². The molecule has 4 heteroatoms.